The molecule has 0 saturated carbocycles. The van der Waals surface area contributed by atoms with Crippen LogP contribution in [0.5, 0.6) is 0 Å². The van der Waals surface area contributed by atoms with E-state index in [-0.39, 0.29) is 11.9 Å². The molecule has 1 amide bonds. The zero-order valence-corrected chi connectivity index (χ0v) is 11.8. The summed E-state index contributed by atoms with van der Waals surface area (Å²) in [4.78, 5) is 18.3. The Kier molecular flexibility index (Phi) is 3.38. The molecule has 0 radical (unpaired) electrons. The molecule has 1 fully saturated rings. The number of hydrogen-bond acceptors (Lipinski definition) is 3. The lowest BCUT2D eigenvalue weighted by atomic mass is 10.1. The van der Waals surface area contributed by atoms with E-state index in [1.165, 1.54) is 0 Å². The van der Waals surface area contributed by atoms with Gasteiger partial charge in [-0.15, -0.1) is 0 Å². The third kappa shape index (κ3) is 2.42. The predicted molar refractivity (Wildman–Crippen MR) is 73.7 cm³/mol. The molecule has 2 aromatic heterocycles. The molecule has 1 unspecified atom stereocenters. The highest BCUT2D eigenvalue weighted by Gasteiger charge is 2.31. The maximum absolute atomic E-state index is 12.4. The molecule has 98 valence electrons. The number of carbonyl (C=O) groups is 1. The number of amides is 1. The molecule has 0 aliphatic carbocycles. The fourth-order valence-corrected chi connectivity index (χ4v) is 2.82. The van der Waals surface area contributed by atoms with Gasteiger partial charge in [0.25, 0.3) is 5.91 Å². The van der Waals surface area contributed by atoms with Gasteiger partial charge in [-0.25, -0.2) is 0 Å². The number of rotatable bonds is 2. The van der Waals surface area contributed by atoms with Crippen LogP contribution in [0.15, 0.2) is 45.7 Å². The molecule has 2 aromatic rings. The Hall–Kier alpha value is -1.62. The smallest absolute Gasteiger partial charge is 0.290 e. The quantitative estimate of drug-likeness (QED) is 0.851. The van der Waals surface area contributed by atoms with Crippen LogP contribution in [0.1, 0.15) is 35.0 Å². The zero-order chi connectivity index (χ0) is 13.2. The number of hydrogen-bond donors (Lipinski definition) is 0. The van der Waals surface area contributed by atoms with Crippen LogP contribution in [0.3, 0.4) is 0 Å². The van der Waals surface area contributed by atoms with Crippen molar-refractivity contribution in [2.75, 3.05) is 6.54 Å². The molecule has 1 aliphatic heterocycles. The Labute approximate surface area is 119 Å². The monoisotopic (exact) mass is 320 g/mol. The number of nitrogens with zero attached hydrogens (tertiary/aromatic N) is 2. The van der Waals surface area contributed by atoms with Gasteiger partial charge < -0.3 is 9.32 Å². The average Bonchev–Trinajstić information content (AvgIpc) is 3.07. The van der Waals surface area contributed by atoms with Crippen molar-refractivity contribution < 1.29 is 9.21 Å². The second-order valence-electron chi connectivity index (χ2n) is 4.54. The topological polar surface area (TPSA) is 46.3 Å². The van der Waals surface area contributed by atoms with E-state index in [0.717, 1.165) is 24.9 Å². The zero-order valence-electron chi connectivity index (χ0n) is 10.3. The van der Waals surface area contributed by atoms with Gasteiger partial charge in [-0.3, -0.25) is 9.78 Å². The van der Waals surface area contributed by atoms with Gasteiger partial charge >= 0.3 is 0 Å². The Morgan fingerprint density at radius 3 is 2.79 bits per heavy atom. The van der Waals surface area contributed by atoms with Crippen LogP contribution in [-0.2, 0) is 0 Å². The van der Waals surface area contributed by atoms with Crippen LogP contribution in [0.2, 0.25) is 0 Å². The average molecular weight is 321 g/mol. The summed E-state index contributed by atoms with van der Waals surface area (Å²) in [6.07, 6.45) is 5.53. The minimum absolute atomic E-state index is 0.0509. The summed E-state index contributed by atoms with van der Waals surface area (Å²) in [7, 11) is 0. The first kappa shape index (κ1) is 12.4. The first-order chi connectivity index (χ1) is 9.25. The summed E-state index contributed by atoms with van der Waals surface area (Å²) in [5, 5.41) is 0. The first-order valence-corrected chi connectivity index (χ1v) is 7.01. The van der Waals surface area contributed by atoms with Crippen molar-refractivity contribution in [2.45, 2.75) is 18.9 Å². The van der Waals surface area contributed by atoms with Gasteiger partial charge in [0.2, 0.25) is 0 Å². The van der Waals surface area contributed by atoms with Gasteiger partial charge in [0.05, 0.1) is 6.04 Å². The first-order valence-electron chi connectivity index (χ1n) is 6.22. The minimum atomic E-state index is -0.0509. The van der Waals surface area contributed by atoms with Crippen molar-refractivity contribution in [1.29, 1.82) is 0 Å². The third-order valence-electron chi connectivity index (χ3n) is 3.39. The molecule has 3 rings (SSSR count). The molecule has 5 heteroatoms. The van der Waals surface area contributed by atoms with E-state index in [4.69, 9.17) is 4.42 Å². The van der Waals surface area contributed by atoms with Gasteiger partial charge in [-0.1, -0.05) is 0 Å². The molecule has 0 N–H and O–H groups in total. The maximum atomic E-state index is 12.4. The van der Waals surface area contributed by atoms with Crippen LogP contribution in [0.4, 0.5) is 0 Å². The van der Waals surface area contributed by atoms with Gasteiger partial charge in [-0.05, 0) is 58.6 Å². The number of furan rings is 1. The van der Waals surface area contributed by atoms with Gasteiger partial charge in [0.1, 0.15) is 0 Å². The maximum Gasteiger partial charge on any atom is 0.290 e. The Morgan fingerprint density at radius 1 is 1.32 bits per heavy atom. The second kappa shape index (κ2) is 5.17. The molecule has 4 nitrogen and oxygen atoms in total. The minimum Gasteiger partial charge on any atom is -0.444 e. The predicted octanol–water partition coefficient (Wildman–Crippen LogP) is 3.41. The molecule has 0 aromatic carbocycles. The van der Waals surface area contributed by atoms with Crippen molar-refractivity contribution in [3.05, 3.63) is 52.7 Å². The van der Waals surface area contributed by atoms with Crippen LogP contribution < -0.4 is 0 Å². The standard InChI is InChI=1S/C14H13BrN2O2/c15-13-4-3-12(19-13)14(18)17-9-1-2-11(17)10-5-7-16-8-6-10/h3-8,11H,1-2,9H2. The summed E-state index contributed by atoms with van der Waals surface area (Å²) in [5.41, 5.74) is 1.13. The van der Waals surface area contributed by atoms with Gasteiger partial charge in [0, 0.05) is 18.9 Å². The number of likely N-dealkylation sites (tertiary alicyclic amines) is 1. The summed E-state index contributed by atoms with van der Waals surface area (Å²) in [6.45, 7) is 0.768. The highest BCUT2D eigenvalue weighted by atomic mass is 79.9. The third-order valence-corrected chi connectivity index (χ3v) is 3.81. The summed E-state index contributed by atoms with van der Waals surface area (Å²) in [5.74, 6) is 0.331. The highest BCUT2D eigenvalue weighted by molar-refractivity contribution is 9.10. The van der Waals surface area contributed by atoms with Crippen LogP contribution in [-0.4, -0.2) is 22.3 Å². The van der Waals surface area contributed by atoms with Crippen LogP contribution in [0.25, 0.3) is 0 Å². The number of halogens is 1. The number of carbonyl (C=O) groups excluding carboxylic acids is 1. The largest absolute Gasteiger partial charge is 0.444 e. The van der Waals surface area contributed by atoms with Crippen molar-refractivity contribution in [2.24, 2.45) is 0 Å². The van der Waals surface area contributed by atoms with Crippen molar-refractivity contribution in [3.63, 3.8) is 0 Å². The van der Waals surface area contributed by atoms with Crippen molar-refractivity contribution in [1.82, 2.24) is 9.88 Å². The SMILES string of the molecule is O=C(c1ccc(Br)o1)N1CCCC1c1ccncc1. The van der Waals surface area contributed by atoms with E-state index < -0.39 is 0 Å². The number of aromatic nitrogens is 1. The lowest BCUT2D eigenvalue weighted by Crippen LogP contribution is -2.30. The normalized spacial score (nSPS) is 18.8. The van der Waals surface area contributed by atoms with Crippen molar-refractivity contribution in [3.8, 4) is 0 Å². The summed E-state index contributed by atoms with van der Waals surface area (Å²) in [6, 6.07) is 7.50. The van der Waals surface area contributed by atoms with Crippen molar-refractivity contribution >= 4 is 21.8 Å². The van der Waals surface area contributed by atoms with E-state index in [1.807, 2.05) is 17.0 Å². The summed E-state index contributed by atoms with van der Waals surface area (Å²) < 4.78 is 5.93. The molecule has 1 atom stereocenters. The highest BCUT2D eigenvalue weighted by Crippen LogP contribution is 2.33. The van der Waals surface area contributed by atoms with E-state index in [0.29, 0.717) is 10.4 Å². The van der Waals surface area contributed by atoms with Gasteiger partial charge in [-0.2, -0.15) is 0 Å². The van der Waals surface area contributed by atoms with E-state index in [1.54, 1.807) is 24.5 Å². The lowest BCUT2D eigenvalue weighted by molar-refractivity contribution is 0.0702. The Bertz CT molecular complexity index is 582. The van der Waals surface area contributed by atoms with E-state index in [2.05, 4.69) is 20.9 Å². The van der Waals surface area contributed by atoms with E-state index >= 15 is 0 Å². The fraction of sp³-hybridized carbons (Fsp3) is 0.286. The molecular formula is C14H13BrN2O2. The molecule has 1 aliphatic rings. The lowest BCUT2D eigenvalue weighted by Gasteiger charge is -2.24. The molecule has 0 bridgehead atoms. The Morgan fingerprint density at radius 2 is 2.11 bits per heavy atom. The molecule has 19 heavy (non-hydrogen) atoms. The molecule has 0 spiro atoms. The molecule has 1 saturated heterocycles. The number of pyridine rings is 1. The molecule has 3 heterocycles. The summed E-state index contributed by atoms with van der Waals surface area (Å²) >= 11 is 3.22. The Balaban J connectivity index is 1.86. The van der Waals surface area contributed by atoms with Crippen LogP contribution >= 0.6 is 15.9 Å². The van der Waals surface area contributed by atoms with Crippen LogP contribution in [0, 0.1) is 0 Å². The van der Waals surface area contributed by atoms with Gasteiger partial charge in [0.15, 0.2) is 10.4 Å². The van der Waals surface area contributed by atoms with E-state index in [9.17, 15) is 4.79 Å². The fourth-order valence-electron chi connectivity index (χ4n) is 2.51. The molecular weight excluding hydrogens is 308 g/mol. The second-order valence-corrected chi connectivity index (χ2v) is 5.32.